The van der Waals surface area contributed by atoms with Crippen LogP contribution in [0.2, 0.25) is 0 Å². The molecule has 0 saturated heterocycles. The molecule has 3 rings (SSSR count). The van der Waals surface area contributed by atoms with Gasteiger partial charge in [0.05, 0.1) is 38.0 Å². The van der Waals surface area contributed by atoms with E-state index in [4.69, 9.17) is 14.2 Å². The van der Waals surface area contributed by atoms with E-state index in [1.165, 1.54) is 4.88 Å². The Hall–Kier alpha value is -2.39. The fraction of sp³-hybridized carbons (Fsp3) is 0.519. The van der Waals surface area contributed by atoms with Gasteiger partial charge in [-0.15, -0.1) is 17.9 Å². The van der Waals surface area contributed by atoms with Crippen molar-refractivity contribution >= 4 is 17.2 Å². The van der Waals surface area contributed by atoms with Crippen LogP contribution in [0.3, 0.4) is 0 Å². The quantitative estimate of drug-likeness (QED) is 0.444. The molecule has 1 aromatic heterocycles. The number of carbonyl (C=O) groups excluding carboxylic acids is 1. The van der Waals surface area contributed by atoms with E-state index in [0.29, 0.717) is 32.0 Å². The van der Waals surface area contributed by atoms with E-state index in [1.807, 2.05) is 54.8 Å². The summed E-state index contributed by atoms with van der Waals surface area (Å²) >= 11 is 1.72. The fourth-order valence-corrected chi connectivity index (χ4v) is 5.03. The summed E-state index contributed by atoms with van der Waals surface area (Å²) in [4.78, 5) is 18.6. The fourth-order valence-electron chi connectivity index (χ4n) is 4.11. The summed E-state index contributed by atoms with van der Waals surface area (Å²) in [6.45, 7) is 11.9. The number of amides is 1. The molecule has 2 atom stereocenters. The molecule has 1 aliphatic heterocycles. The second-order valence-corrected chi connectivity index (χ2v) is 10.7. The molecule has 0 spiro atoms. The number of carbonyl (C=O) groups is 1. The van der Waals surface area contributed by atoms with Gasteiger partial charge in [0.2, 0.25) is 5.91 Å². The SMILES string of the molecule is C=CCN(CC(=O)N1CCc2sccc2[C@@H]1COc1cccc(OC)c1)C[C@@H](O)COC(C)(C)C. The molecule has 1 aromatic carbocycles. The molecule has 1 N–H and O–H groups in total. The van der Waals surface area contributed by atoms with E-state index >= 15 is 0 Å². The van der Waals surface area contributed by atoms with Gasteiger partial charge in [-0.05, 0) is 56.3 Å². The van der Waals surface area contributed by atoms with Crippen molar-refractivity contribution in [3.05, 3.63) is 58.8 Å². The Bertz CT molecular complexity index is 970. The minimum Gasteiger partial charge on any atom is -0.497 e. The molecular formula is C27H38N2O5S. The molecule has 2 aromatic rings. The van der Waals surface area contributed by atoms with Crippen LogP contribution in [0.1, 0.15) is 37.3 Å². The summed E-state index contributed by atoms with van der Waals surface area (Å²) in [7, 11) is 1.62. The molecule has 0 saturated carbocycles. The molecule has 7 nitrogen and oxygen atoms in total. The topological polar surface area (TPSA) is 71.5 Å². The number of fused-ring (bicyclic) bond motifs is 1. The van der Waals surface area contributed by atoms with Crippen LogP contribution in [0.25, 0.3) is 0 Å². The van der Waals surface area contributed by atoms with Crippen molar-refractivity contribution in [1.82, 2.24) is 9.80 Å². The smallest absolute Gasteiger partial charge is 0.237 e. The van der Waals surface area contributed by atoms with E-state index in [0.717, 1.165) is 17.7 Å². The number of hydrogen-bond acceptors (Lipinski definition) is 7. The number of ether oxygens (including phenoxy) is 3. The van der Waals surface area contributed by atoms with Crippen molar-refractivity contribution in [3.63, 3.8) is 0 Å². The second kappa shape index (κ2) is 12.5. The minimum absolute atomic E-state index is 0.00637. The van der Waals surface area contributed by atoms with Gasteiger partial charge in [-0.1, -0.05) is 12.1 Å². The second-order valence-electron chi connectivity index (χ2n) is 9.70. The largest absolute Gasteiger partial charge is 0.497 e. The number of methoxy groups -OCH3 is 1. The van der Waals surface area contributed by atoms with E-state index in [2.05, 4.69) is 18.0 Å². The molecule has 0 fully saturated rings. The van der Waals surface area contributed by atoms with Crippen molar-refractivity contribution in [2.45, 2.75) is 44.9 Å². The molecule has 8 heteroatoms. The van der Waals surface area contributed by atoms with Gasteiger partial charge in [0, 0.05) is 30.6 Å². The first-order valence-electron chi connectivity index (χ1n) is 12.0. The third-order valence-corrected chi connectivity index (χ3v) is 6.78. The standard InChI is InChI=1S/C27H38N2O5S/c1-6-12-28(16-20(30)18-34-27(2,3)4)17-26(31)29-13-10-25-23(11-14-35-25)24(29)19-33-22-9-7-8-21(15-22)32-5/h6-9,11,14-15,20,24,30H,1,10,12-13,16-19H2,2-5H3/t20-,24+/m1/s1. The molecule has 0 unspecified atom stereocenters. The summed E-state index contributed by atoms with van der Waals surface area (Å²) in [5.74, 6) is 1.44. The average molecular weight is 503 g/mol. The monoisotopic (exact) mass is 502 g/mol. The van der Waals surface area contributed by atoms with Gasteiger partial charge in [0.25, 0.3) is 0 Å². The zero-order chi connectivity index (χ0) is 25.4. The van der Waals surface area contributed by atoms with E-state index < -0.39 is 6.10 Å². The van der Waals surface area contributed by atoms with Gasteiger partial charge >= 0.3 is 0 Å². The highest BCUT2D eigenvalue weighted by Crippen LogP contribution is 2.34. The predicted molar refractivity (Wildman–Crippen MR) is 139 cm³/mol. The van der Waals surface area contributed by atoms with Gasteiger partial charge < -0.3 is 24.2 Å². The van der Waals surface area contributed by atoms with Crippen LogP contribution in [0.4, 0.5) is 0 Å². The van der Waals surface area contributed by atoms with Crippen LogP contribution >= 0.6 is 11.3 Å². The maximum atomic E-state index is 13.5. The third-order valence-electron chi connectivity index (χ3n) is 5.79. The number of hydrogen-bond donors (Lipinski definition) is 1. The Kier molecular flexibility index (Phi) is 9.74. The Morgan fingerprint density at radius 3 is 2.83 bits per heavy atom. The van der Waals surface area contributed by atoms with E-state index in [-0.39, 0.29) is 30.7 Å². The van der Waals surface area contributed by atoms with Crippen LogP contribution in [0.5, 0.6) is 11.5 Å². The molecule has 2 heterocycles. The van der Waals surface area contributed by atoms with E-state index in [1.54, 1.807) is 24.5 Å². The molecule has 192 valence electrons. The number of nitrogens with zero attached hydrogens (tertiary/aromatic N) is 2. The zero-order valence-electron chi connectivity index (χ0n) is 21.2. The zero-order valence-corrected chi connectivity index (χ0v) is 22.1. The van der Waals surface area contributed by atoms with Gasteiger partial charge in [-0.25, -0.2) is 0 Å². The summed E-state index contributed by atoms with van der Waals surface area (Å²) in [5.41, 5.74) is 0.814. The van der Waals surface area contributed by atoms with Crippen molar-refractivity contribution in [1.29, 1.82) is 0 Å². The highest BCUT2D eigenvalue weighted by molar-refractivity contribution is 7.10. The van der Waals surface area contributed by atoms with Crippen LogP contribution in [0.15, 0.2) is 48.4 Å². The lowest BCUT2D eigenvalue weighted by molar-refractivity contribution is -0.136. The molecule has 0 aliphatic carbocycles. The van der Waals surface area contributed by atoms with Crippen LogP contribution < -0.4 is 9.47 Å². The first kappa shape index (κ1) is 27.2. The van der Waals surface area contributed by atoms with E-state index in [9.17, 15) is 9.90 Å². The van der Waals surface area contributed by atoms with Crippen molar-refractivity contribution in [2.24, 2.45) is 0 Å². The average Bonchev–Trinajstić information content (AvgIpc) is 3.30. The van der Waals surface area contributed by atoms with Gasteiger partial charge in [0.1, 0.15) is 18.1 Å². The van der Waals surface area contributed by atoms with Crippen molar-refractivity contribution in [3.8, 4) is 11.5 Å². The molecule has 0 radical (unpaired) electrons. The molecule has 35 heavy (non-hydrogen) atoms. The Labute approximate surface area is 212 Å². The number of benzene rings is 1. The summed E-state index contributed by atoms with van der Waals surface area (Å²) < 4.78 is 17.1. The predicted octanol–water partition coefficient (Wildman–Crippen LogP) is 3.93. The number of rotatable bonds is 12. The van der Waals surface area contributed by atoms with Crippen molar-refractivity contribution < 1.29 is 24.1 Å². The van der Waals surface area contributed by atoms with Gasteiger partial charge in [-0.3, -0.25) is 9.69 Å². The first-order valence-corrected chi connectivity index (χ1v) is 12.9. The van der Waals surface area contributed by atoms with Crippen LogP contribution in [-0.4, -0.2) is 79.0 Å². The van der Waals surface area contributed by atoms with Gasteiger partial charge in [0.15, 0.2) is 0 Å². The number of thiophene rings is 1. The Balaban J connectivity index is 1.68. The summed E-state index contributed by atoms with van der Waals surface area (Å²) in [6, 6.07) is 9.40. The van der Waals surface area contributed by atoms with Gasteiger partial charge in [-0.2, -0.15) is 0 Å². The molecule has 1 amide bonds. The van der Waals surface area contributed by atoms with Crippen molar-refractivity contribution in [2.75, 3.05) is 46.5 Å². The Morgan fingerprint density at radius 2 is 2.11 bits per heavy atom. The molecule has 0 bridgehead atoms. The number of aliphatic hydroxyl groups is 1. The molecular weight excluding hydrogens is 464 g/mol. The van der Waals surface area contributed by atoms with Crippen LogP contribution in [-0.2, 0) is 16.0 Å². The lowest BCUT2D eigenvalue weighted by Crippen LogP contribution is -2.48. The highest BCUT2D eigenvalue weighted by Gasteiger charge is 2.33. The maximum Gasteiger partial charge on any atom is 0.237 e. The molecule has 1 aliphatic rings. The maximum absolute atomic E-state index is 13.5. The minimum atomic E-state index is -0.695. The summed E-state index contributed by atoms with van der Waals surface area (Å²) in [6.07, 6.45) is 1.89. The first-order chi connectivity index (χ1) is 16.7. The summed E-state index contributed by atoms with van der Waals surface area (Å²) in [5, 5.41) is 12.6. The lowest BCUT2D eigenvalue weighted by atomic mass is 10.0. The third kappa shape index (κ3) is 8.07. The normalized spacial score (nSPS) is 16.6. The lowest BCUT2D eigenvalue weighted by Gasteiger charge is -2.37. The van der Waals surface area contributed by atoms with Crippen LogP contribution in [0, 0.1) is 0 Å². The Morgan fingerprint density at radius 1 is 1.34 bits per heavy atom. The highest BCUT2D eigenvalue weighted by atomic mass is 32.1. The number of aliphatic hydroxyl groups excluding tert-OH is 1.